The number of hydrogen-bond acceptors (Lipinski definition) is 6. The van der Waals surface area contributed by atoms with Crippen LogP contribution < -0.4 is 10.6 Å². The Hall–Kier alpha value is -2.18. The van der Waals surface area contributed by atoms with Crippen LogP contribution in [0.5, 0.6) is 0 Å². The molecule has 1 saturated heterocycles. The van der Waals surface area contributed by atoms with Gasteiger partial charge in [-0.25, -0.2) is 9.97 Å². The fraction of sp³-hybridized carbons (Fsp3) is 0.474. The summed E-state index contributed by atoms with van der Waals surface area (Å²) in [6.45, 7) is 11.6. The Kier molecular flexibility index (Phi) is 5.83. The average Bonchev–Trinajstić information content (AvgIpc) is 2.59. The van der Waals surface area contributed by atoms with Gasteiger partial charge in [0.15, 0.2) is 0 Å². The zero-order valence-corrected chi connectivity index (χ0v) is 15.3. The van der Waals surface area contributed by atoms with E-state index >= 15 is 0 Å². The third-order valence-electron chi connectivity index (χ3n) is 4.33. The van der Waals surface area contributed by atoms with Gasteiger partial charge in [0.05, 0.1) is 13.2 Å². The molecule has 6 nitrogen and oxygen atoms in total. The number of benzene rings is 1. The van der Waals surface area contributed by atoms with Gasteiger partial charge < -0.3 is 15.4 Å². The largest absolute Gasteiger partial charge is 0.379 e. The molecule has 1 fully saturated rings. The summed E-state index contributed by atoms with van der Waals surface area (Å²) >= 11 is 0. The van der Waals surface area contributed by atoms with Gasteiger partial charge >= 0.3 is 0 Å². The van der Waals surface area contributed by atoms with E-state index < -0.39 is 0 Å². The van der Waals surface area contributed by atoms with Crippen LogP contribution >= 0.6 is 0 Å². The Morgan fingerprint density at radius 1 is 1.04 bits per heavy atom. The van der Waals surface area contributed by atoms with Crippen LogP contribution in [0, 0.1) is 20.8 Å². The van der Waals surface area contributed by atoms with Gasteiger partial charge in [-0.15, -0.1) is 0 Å². The maximum absolute atomic E-state index is 5.38. The summed E-state index contributed by atoms with van der Waals surface area (Å²) in [5.74, 6) is 2.42. The first kappa shape index (κ1) is 17.6. The summed E-state index contributed by atoms with van der Waals surface area (Å²) in [4.78, 5) is 11.4. The number of anilines is 3. The Morgan fingerprint density at radius 3 is 2.60 bits per heavy atom. The molecule has 1 aromatic carbocycles. The molecule has 2 aromatic rings. The van der Waals surface area contributed by atoms with Gasteiger partial charge in [0.25, 0.3) is 0 Å². The summed E-state index contributed by atoms with van der Waals surface area (Å²) in [5, 5.41) is 6.83. The van der Waals surface area contributed by atoms with E-state index in [1.807, 2.05) is 13.0 Å². The third kappa shape index (κ3) is 5.14. The van der Waals surface area contributed by atoms with Crippen LogP contribution in [-0.4, -0.2) is 54.3 Å². The van der Waals surface area contributed by atoms with Crippen LogP contribution in [0.1, 0.15) is 17.0 Å². The maximum Gasteiger partial charge on any atom is 0.136 e. The fourth-order valence-electron chi connectivity index (χ4n) is 2.90. The van der Waals surface area contributed by atoms with Crippen molar-refractivity contribution in [1.82, 2.24) is 14.9 Å². The van der Waals surface area contributed by atoms with Crippen molar-refractivity contribution in [3.05, 3.63) is 41.2 Å². The summed E-state index contributed by atoms with van der Waals surface area (Å²) in [5.41, 5.74) is 3.50. The SMILES string of the molecule is Cc1ccc(C)c(Nc2cc(NCCN3CCOCC3)nc(C)n2)c1. The highest BCUT2D eigenvalue weighted by Crippen LogP contribution is 2.22. The number of morpholine rings is 1. The molecule has 2 heterocycles. The Bertz CT molecular complexity index is 713. The molecule has 0 saturated carbocycles. The van der Waals surface area contributed by atoms with Gasteiger partial charge in [-0.2, -0.15) is 0 Å². The van der Waals surface area contributed by atoms with Gasteiger partial charge in [0, 0.05) is 37.9 Å². The molecule has 1 aromatic heterocycles. The molecule has 0 unspecified atom stereocenters. The van der Waals surface area contributed by atoms with Crippen molar-refractivity contribution in [2.75, 3.05) is 50.0 Å². The summed E-state index contributed by atoms with van der Waals surface area (Å²) in [6.07, 6.45) is 0. The first-order chi connectivity index (χ1) is 12.1. The van der Waals surface area contributed by atoms with Crippen LogP contribution in [0.2, 0.25) is 0 Å². The highest BCUT2D eigenvalue weighted by atomic mass is 16.5. The standard InChI is InChI=1S/C19H27N5O/c1-14-4-5-15(2)17(12-14)23-19-13-18(21-16(3)22-19)20-6-7-24-8-10-25-11-9-24/h4-5,12-13H,6-11H2,1-3H3,(H2,20,21,22,23). The molecular formula is C19H27N5O. The molecule has 0 radical (unpaired) electrons. The topological polar surface area (TPSA) is 62.3 Å². The lowest BCUT2D eigenvalue weighted by Gasteiger charge is -2.26. The first-order valence-electron chi connectivity index (χ1n) is 8.84. The number of aryl methyl sites for hydroxylation is 3. The lowest BCUT2D eigenvalue weighted by molar-refractivity contribution is 0.0398. The second-order valence-corrected chi connectivity index (χ2v) is 6.51. The maximum atomic E-state index is 5.38. The van der Waals surface area contributed by atoms with Gasteiger partial charge in [-0.05, 0) is 38.0 Å². The summed E-state index contributed by atoms with van der Waals surface area (Å²) in [6, 6.07) is 8.34. The molecule has 134 valence electrons. The van der Waals surface area contributed by atoms with Gasteiger partial charge in [-0.1, -0.05) is 12.1 Å². The number of nitrogens with zero attached hydrogens (tertiary/aromatic N) is 3. The first-order valence-corrected chi connectivity index (χ1v) is 8.84. The Morgan fingerprint density at radius 2 is 1.80 bits per heavy atom. The fourth-order valence-corrected chi connectivity index (χ4v) is 2.90. The molecule has 0 spiro atoms. The second kappa shape index (κ2) is 8.27. The van der Waals surface area contributed by atoms with Crippen LogP contribution in [-0.2, 0) is 4.74 Å². The molecular weight excluding hydrogens is 314 g/mol. The zero-order valence-electron chi connectivity index (χ0n) is 15.3. The van der Waals surface area contributed by atoms with E-state index in [-0.39, 0.29) is 0 Å². The quantitative estimate of drug-likeness (QED) is 0.842. The molecule has 6 heteroatoms. The van der Waals surface area contributed by atoms with Crippen molar-refractivity contribution in [3.63, 3.8) is 0 Å². The molecule has 1 aliphatic rings. The van der Waals surface area contributed by atoms with Crippen molar-refractivity contribution in [1.29, 1.82) is 0 Å². The smallest absolute Gasteiger partial charge is 0.136 e. The third-order valence-corrected chi connectivity index (χ3v) is 4.33. The molecule has 0 atom stereocenters. The number of aromatic nitrogens is 2. The highest BCUT2D eigenvalue weighted by molar-refractivity contribution is 5.63. The van der Waals surface area contributed by atoms with E-state index in [2.05, 4.69) is 57.5 Å². The highest BCUT2D eigenvalue weighted by Gasteiger charge is 2.10. The molecule has 0 aliphatic carbocycles. The minimum absolute atomic E-state index is 0.754. The minimum Gasteiger partial charge on any atom is -0.379 e. The number of rotatable bonds is 6. The van der Waals surface area contributed by atoms with Crippen LogP contribution in [0.4, 0.5) is 17.3 Å². The second-order valence-electron chi connectivity index (χ2n) is 6.51. The predicted octanol–water partition coefficient (Wildman–Crippen LogP) is 2.89. The van der Waals surface area contributed by atoms with E-state index in [4.69, 9.17) is 4.74 Å². The molecule has 25 heavy (non-hydrogen) atoms. The van der Waals surface area contributed by atoms with Gasteiger partial charge in [0.2, 0.25) is 0 Å². The van der Waals surface area contributed by atoms with Gasteiger partial charge in [-0.3, -0.25) is 4.90 Å². The number of ether oxygens (including phenoxy) is 1. The van der Waals surface area contributed by atoms with Crippen LogP contribution in [0.15, 0.2) is 24.3 Å². The van der Waals surface area contributed by atoms with Crippen molar-refractivity contribution in [3.8, 4) is 0 Å². The number of hydrogen-bond donors (Lipinski definition) is 2. The average molecular weight is 341 g/mol. The van der Waals surface area contributed by atoms with Crippen molar-refractivity contribution < 1.29 is 4.74 Å². The lowest BCUT2D eigenvalue weighted by atomic mass is 10.1. The molecule has 1 aliphatic heterocycles. The van der Waals surface area contributed by atoms with Gasteiger partial charge in [0.1, 0.15) is 17.5 Å². The molecule has 3 rings (SSSR count). The molecule has 0 amide bonds. The molecule has 2 N–H and O–H groups in total. The van der Waals surface area contributed by atoms with E-state index in [1.165, 1.54) is 11.1 Å². The Labute approximate surface area is 149 Å². The summed E-state index contributed by atoms with van der Waals surface area (Å²) < 4.78 is 5.38. The van der Waals surface area contributed by atoms with Crippen molar-refractivity contribution in [2.45, 2.75) is 20.8 Å². The van der Waals surface area contributed by atoms with E-state index in [0.717, 1.165) is 62.5 Å². The monoisotopic (exact) mass is 341 g/mol. The van der Waals surface area contributed by atoms with E-state index in [0.29, 0.717) is 0 Å². The Balaban J connectivity index is 1.62. The zero-order chi connectivity index (χ0) is 17.6. The van der Waals surface area contributed by atoms with Crippen molar-refractivity contribution in [2.24, 2.45) is 0 Å². The van der Waals surface area contributed by atoms with Crippen LogP contribution in [0.25, 0.3) is 0 Å². The number of nitrogens with one attached hydrogen (secondary N) is 2. The van der Waals surface area contributed by atoms with E-state index in [1.54, 1.807) is 0 Å². The summed E-state index contributed by atoms with van der Waals surface area (Å²) in [7, 11) is 0. The predicted molar refractivity (Wildman–Crippen MR) is 102 cm³/mol. The molecule has 0 bridgehead atoms. The van der Waals surface area contributed by atoms with Crippen LogP contribution in [0.3, 0.4) is 0 Å². The normalized spacial score (nSPS) is 15.2. The van der Waals surface area contributed by atoms with Crippen molar-refractivity contribution >= 4 is 17.3 Å². The minimum atomic E-state index is 0.754. The van der Waals surface area contributed by atoms with E-state index in [9.17, 15) is 0 Å². The lowest BCUT2D eigenvalue weighted by Crippen LogP contribution is -2.39.